The van der Waals surface area contributed by atoms with Crippen molar-refractivity contribution in [3.63, 3.8) is 0 Å². The van der Waals surface area contributed by atoms with Gasteiger partial charge in [-0.3, -0.25) is 0 Å². The molecule has 0 bridgehead atoms. The first-order chi connectivity index (χ1) is 8.23. The minimum absolute atomic E-state index is 0.107. The Bertz CT molecular complexity index is 294. The van der Waals surface area contributed by atoms with Gasteiger partial charge in [-0.25, -0.2) is 0 Å². The lowest BCUT2D eigenvalue weighted by atomic mass is 9.82. The summed E-state index contributed by atoms with van der Waals surface area (Å²) in [5.74, 6) is 0. The molecule has 0 saturated heterocycles. The van der Waals surface area contributed by atoms with Gasteiger partial charge in [0.1, 0.15) is 0 Å². The molecule has 2 N–H and O–H groups in total. The number of benzene rings is 1. The van der Waals surface area contributed by atoms with Crippen LogP contribution >= 0.6 is 0 Å². The van der Waals surface area contributed by atoms with Gasteiger partial charge in [-0.1, -0.05) is 76.3 Å². The minimum atomic E-state index is -0.107. The van der Waals surface area contributed by atoms with Crippen molar-refractivity contribution in [2.45, 2.75) is 64.3 Å². The van der Waals surface area contributed by atoms with Crippen molar-refractivity contribution >= 4 is 0 Å². The number of unbranched alkanes of at least 4 members (excludes halogenated alkanes) is 3. The van der Waals surface area contributed by atoms with E-state index in [2.05, 4.69) is 44.2 Å². The summed E-state index contributed by atoms with van der Waals surface area (Å²) in [6.45, 7) is 4.47. The van der Waals surface area contributed by atoms with Crippen molar-refractivity contribution in [2.75, 3.05) is 0 Å². The third-order valence-electron chi connectivity index (χ3n) is 3.52. The van der Waals surface area contributed by atoms with Crippen LogP contribution < -0.4 is 5.73 Å². The van der Waals surface area contributed by atoms with Crippen LogP contribution in [0.25, 0.3) is 0 Å². The van der Waals surface area contributed by atoms with E-state index >= 15 is 0 Å². The molecular formula is C16H27N. The molecule has 1 aromatic rings. The lowest BCUT2D eigenvalue weighted by molar-refractivity contribution is 0.356. The zero-order chi connectivity index (χ0) is 12.6. The predicted octanol–water partition coefficient (Wildman–Crippen LogP) is 4.61. The van der Waals surface area contributed by atoms with Crippen molar-refractivity contribution in [2.24, 2.45) is 5.73 Å². The van der Waals surface area contributed by atoms with Gasteiger partial charge in [-0.05, 0) is 18.4 Å². The first kappa shape index (κ1) is 14.2. The van der Waals surface area contributed by atoms with Gasteiger partial charge in [0.2, 0.25) is 0 Å². The van der Waals surface area contributed by atoms with E-state index in [9.17, 15) is 0 Å². The molecule has 0 amide bonds. The zero-order valence-electron chi connectivity index (χ0n) is 11.4. The lowest BCUT2D eigenvalue weighted by Gasteiger charge is -2.30. The third kappa shape index (κ3) is 4.51. The van der Waals surface area contributed by atoms with E-state index in [0.717, 1.165) is 19.3 Å². The monoisotopic (exact) mass is 233 g/mol. The van der Waals surface area contributed by atoms with Gasteiger partial charge in [0.05, 0.1) is 0 Å². The smallest absolute Gasteiger partial charge is 0.0409 e. The summed E-state index contributed by atoms with van der Waals surface area (Å²) >= 11 is 0. The molecule has 1 rings (SSSR count). The second-order valence-corrected chi connectivity index (χ2v) is 5.08. The highest BCUT2D eigenvalue weighted by molar-refractivity contribution is 5.23. The molecule has 1 unspecified atom stereocenters. The standard InChI is InChI=1S/C16H27N/c1-3-5-6-10-14-16(17,13-4-2)15-11-8-7-9-12-15/h7-9,11-12H,3-6,10,13-14,17H2,1-2H3. The summed E-state index contributed by atoms with van der Waals surface area (Å²) < 4.78 is 0. The van der Waals surface area contributed by atoms with Crippen LogP contribution in [0.3, 0.4) is 0 Å². The molecule has 1 atom stereocenters. The van der Waals surface area contributed by atoms with E-state index in [0.29, 0.717) is 0 Å². The van der Waals surface area contributed by atoms with Crippen molar-refractivity contribution in [1.82, 2.24) is 0 Å². The van der Waals surface area contributed by atoms with E-state index in [-0.39, 0.29) is 5.54 Å². The highest BCUT2D eigenvalue weighted by Gasteiger charge is 2.25. The van der Waals surface area contributed by atoms with E-state index in [4.69, 9.17) is 5.73 Å². The molecule has 96 valence electrons. The fraction of sp³-hybridized carbons (Fsp3) is 0.625. The molecule has 0 saturated carbocycles. The first-order valence-electron chi connectivity index (χ1n) is 7.07. The topological polar surface area (TPSA) is 26.0 Å². The highest BCUT2D eigenvalue weighted by Crippen LogP contribution is 2.29. The van der Waals surface area contributed by atoms with E-state index in [1.807, 2.05) is 0 Å². The molecule has 0 radical (unpaired) electrons. The van der Waals surface area contributed by atoms with Crippen LogP contribution in [0.4, 0.5) is 0 Å². The van der Waals surface area contributed by atoms with Crippen molar-refractivity contribution in [3.8, 4) is 0 Å². The molecule has 1 heteroatoms. The lowest BCUT2D eigenvalue weighted by Crippen LogP contribution is -2.36. The van der Waals surface area contributed by atoms with Crippen LogP contribution in [-0.2, 0) is 5.54 Å². The van der Waals surface area contributed by atoms with Gasteiger partial charge in [-0.2, -0.15) is 0 Å². The number of hydrogen-bond donors (Lipinski definition) is 1. The fourth-order valence-corrected chi connectivity index (χ4v) is 2.50. The molecule has 0 aliphatic rings. The minimum Gasteiger partial charge on any atom is -0.321 e. The summed E-state index contributed by atoms with van der Waals surface area (Å²) in [4.78, 5) is 0. The van der Waals surface area contributed by atoms with Gasteiger partial charge < -0.3 is 5.73 Å². The maximum Gasteiger partial charge on any atom is 0.0409 e. The molecule has 0 aromatic heterocycles. The van der Waals surface area contributed by atoms with Crippen molar-refractivity contribution in [1.29, 1.82) is 0 Å². The molecule has 0 aliphatic heterocycles. The summed E-state index contributed by atoms with van der Waals surface area (Å²) in [5.41, 5.74) is 7.81. The van der Waals surface area contributed by atoms with E-state index < -0.39 is 0 Å². The Labute approximate surface area is 106 Å². The molecule has 17 heavy (non-hydrogen) atoms. The second kappa shape index (κ2) is 7.50. The SMILES string of the molecule is CCCCCCC(N)(CCC)c1ccccc1. The summed E-state index contributed by atoms with van der Waals surface area (Å²) in [5, 5.41) is 0. The van der Waals surface area contributed by atoms with Crippen molar-refractivity contribution < 1.29 is 0 Å². The predicted molar refractivity (Wildman–Crippen MR) is 76.0 cm³/mol. The maximum atomic E-state index is 6.61. The Morgan fingerprint density at radius 3 is 2.18 bits per heavy atom. The summed E-state index contributed by atoms with van der Waals surface area (Å²) in [6.07, 6.45) is 8.53. The molecule has 0 aliphatic carbocycles. The van der Waals surface area contributed by atoms with Gasteiger partial charge in [0, 0.05) is 5.54 Å². The average Bonchev–Trinajstić information content (AvgIpc) is 2.36. The van der Waals surface area contributed by atoms with Gasteiger partial charge >= 0.3 is 0 Å². The molecular weight excluding hydrogens is 206 g/mol. The Hall–Kier alpha value is -0.820. The second-order valence-electron chi connectivity index (χ2n) is 5.08. The van der Waals surface area contributed by atoms with E-state index in [1.165, 1.54) is 31.2 Å². The average molecular weight is 233 g/mol. The molecule has 0 spiro atoms. The number of nitrogens with two attached hydrogens (primary N) is 1. The maximum absolute atomic E-state index is 6.61. The van der Waals surface area contributed by atoms with Gasteiger partial charge in [-0.15, -0.1) is 0 Å². The normalized spacial score (nSPS) is 14.5. The van der Waals surface area contributed by atoms with Gasteiger partial charge in [0.15, 0.2) is 0 Å². The van der Waals surface area contributed by atoms with E-state index in [1.54, 1.807) is 0 Å². The number of rotatable bonds is 8. The quantitative estimate of drug-likeness (QED) is 0.652. The Morgan fingerprint density at radius 1 is 0.882 bits per heavy atom. The first-order valence-corrected chi connectivity index (χ1v) is 7.07. The van der Waals surface area contributed by atoms with Crippen LogP contribution in [0, 0.1) is 0 Å². The summed E-state index contributed by atoms with van der Waals surface area (Å²) in [6, 6.07) is 10.6. The van der Waals surface area contributed by atoms with Crippen LogP contribution in [0.2, 0.25) is 0 Å². The van der Waals surface area contributed by atoms with Crippen molar-refractivity contribution in [3.05, 3.63) is 35.9 Å². The third-order valence-corrected chi connectivity index (χ3v) is 3.52. The molecule has 0 fully saturated rings. The zero-order valence-corrected chi connectivity index (χ0v) is 11.4. The number of hydrogen-bond acceptors (Lipinski definition) is 1. The van der Waals surface area contributed by atoms with Crippen LogP contribution in [0.15, 0.2) is 30.3 Å². The van der Waals surface area contributed by atoms with Crippen LogP contribution in [0.5, 0.6) is 0 Å². The largest absolute Gasteiger partial charge is 0.321 e. The summed E-state index contributed by atoms with van der Waals surface area (Å²) in [7, 11) is 0. The Balaban J connectivity index is 2.62. The fourth-order valence-electron chi connectivity index (χ4n) is 2.50. The molecule has 1 nitrogen and oxygen atoms in total. The van der Waals surface area contributed by atoms with Crippen LogP contribution in [-0.4, -0.2) is 0 Å². The molecule has 0 heterocycles. The molecule has 1 aromatic carbocycles. The highest BCUT2D eigenvalue weighted by atomic mass is 14.7. The Morgan fingerprint density at radius 2 is 1.59 bits per heavy atom. The Kier molecular flexibility index (Phi) is 6.28. The van der Waals surface area contributed by atoms with Crippen LogP contribution in [0.1, 0.15) is 64.4 Å². The van der Waals surface area contributed by atoms with Gasteiger partial charge in [0.25, 0.3) is 0 Å².